The zero-order valence-electron chi connectivity index (χ0n) is 15.9. The minimum absolute atomic E-state index is 0.0175. The number of amides is 1. The van der Waals surface area contributed by atoms with Crippen LogP contribution in [0.15, 0.2) is 65.1 Å². The number of fused-ring (bicyclic) bond motifs is 1. The lowest BCUT2D eigenvalue weighted by atomic mass is 9.94. The lowest BCUT2D eigenvalue weighted by molar-refractivity contribution is -0.384. The van der Waals surface area contributed by atoms with Crippen LogP contribution in [0.3, 0.4) is 0 Å². The summed E-state index contributed by atoms with van der Waals surface area (Å²) in [7, 11) is -4.40. The zero-order valence-corrected chi connectivity index (χ0v) is 16.7. The predicted molar refractivity (Wildman–Crippen MR) is 106 cm³/mol. The van der Waals surface area contributed by atoms with Gasteiger partial charge in [0.2, 0.25) is 0 Å². The molecule has 0 radical (unpaired) electrons. The van der Waals surface area contributed by atoms with E-state index in [-0.39, 0.29) is 34.6 Å². The van der Waals surface area contributed by atoms with E-state index < -0.39 is 32.9 Å². The van der Waals surface area contributed by atoms with Crippen molar-refractivity contribution in [1.29, 1.82) is 0 Å². The van der Waals surface area contributed by atoms with E-state index >= 15 is 0 Å². The van der Waals surface area contributed by atoms with Gasteiger partial charge < -0.3 is 5.11 Å². The number of carboxylic acid groups (broad SMARTS) is 1. The monoisotopic (exact) mass is 430 g/mol. The number of benzene rings is 2. The summed E-state index contributed by atoms with van der Waals surface area (Å²) in [6, 6.07) is 9.66. The molecule has 1 aliphatic rings. The molecular weight excluding hydrogens is 412 g/mol. The molecule has 2 aromatic carbocycles. The molecule has 1 atom stereocenters. The Morgan fingerprint density at radius 2 is 1.87 bits per heavy atom. The highest BCUT2D eigenvalue weighted by Crippen LogP contribution is 2.31. The average molecular weight is 430 g/mol. The number of nitro groups is 1. The minimum atomic E-state index is -4.40. The van der Waals surface area contributed by atoms with E-state index in [2.05, 4.69) is 0 Å². The van der Waals surface area contributed by atoms with Gasteiger partial charge in [-0.2, -0.15) is 0 Å². The highest BCUT2D eigenvalue weighted by Gasteiger charge is 2.40. The molecule has 0 bridgehead atoms. The first-order chi connectivity index (χ1) is 14.2. The maximum atomic E-state index is 13.3. The van der Waals surface area contributed by atoms with Crippen molar-refractivity contribution in [1.82, 2.24) is 4.31 Å². The van der Waals surface area contributed by atoms with Crippen LogP contribution in [-0.4, -0.2) is 40.7 Å². The SMILES string of the molecule is CC/C(=C\C1Cc2ccccc2C(=O)N1S(=O)(=O)c1ccc([N+](=O)[O-])cc1)C(=O)O. The molecule has 1 unspecified atom stereocenters. The van der Waals surface area contributed by atoms with Gasteiger partial charge in [0.05, 0.1) is 15.9 Å². The summed E-state index contributed by atoms with van der Waals surface area (Å²) < 4.78 is 27.3. The van der Waals surface area contributed by atoms with Crippen molar-refractivity contribution in [2.45, 2.75) is 30.7 Å². The first kappa shape index (κ1) is 21.2. The number of hydrogen-bond donors (Lipinski definition) is 1. The first-order valence-corrected chi connectivity index (χ1v) is 10.5. The Kier molecular flexibility index (Phi) is 5.70. The van der Waals surface area contributed by atoms with Crippen LogP contribution >= 0.6 is 0 Å². The van der Waals surface area contributed by atoms with Crippen molar-refractivity contribution in [3.63, 3.8) is 0 Å². The van der Waals surface area contributed by atoms with E-state index in [0.717, 1.165) is 24.3 Å². The van der Waals surface area contributed by atoms with E-state index in [1.165, 1.54) is 12.1 Å². The maximum Gasteiger partial charge on any atom is 0.331 e. The van der Waals surface area contributed by atoms with Crippen LogP contribution in [0.5, 0.6) is 0 Å². The van der Waals surface area contributed by atoms with Gasteiger partial charge in [-0.1, -0.05) is 31.2 Å². The van der Waals surface area contributed by atoms with Crippen LogP contribution in [0, 0.1) is 10.1 Å². The van der Waals surface area contributed by atoms with Gasteiger partial charge in [0, 0.05) is 23.3 Å². The molecule has 156 valence electrons. The molecule has 0 spiro atoms. The van der Waals surface area contributed by atoms with Crippen molar-refractivity contribution in [3.8, 4) is 0 Å². The van der Waals surface area contributed by atoms with Crippen molar-refractivity contribution in [3.05, 3.63) is 81.4 Å². The largest absolute Gasteiger partial charge is 0.478 e. The number of nitrogens with zero attached hydrogens (tertiary/aromatic N) is 2. The van der Waals surface area contributed by atoms with Crippen molar-refractivity contribution < 1.29 is 28.0 Å². The molecule has 0 aromatic heterocycles. The molecule has 10 heteroatoms. The Morgan fingerprint density at radius 1 is 1.23 bits per heavy atom. The Hall–Kier alpha value is -3.53. The summed E-state index contributed by atoms with van der Waals surface area (Å²) in [5.41, 5.74) is 0.511. The Bertz CT molecular complexity index is 1150. The number of non-ortho nitro benzene ring substituents is 1. The van der Waals surface area contributed by atoms with E-state index in [9.17, 15) is 33.2 Å². The van der Waals surface area contributed by atoms with Crippen molar-refractivity contribution in [2.75, 3.05) is 0 Å². The Labute approximate surface area is 172 Å². The number of carbonyl (C=O) groups is 2. The fourth-order valence-electron chi connectivity index (χ4n) is 3.32. The van der Waals surface area contributed by atoms with Crippen molar-refractivity contribution >= 4 is 27.6 Å². The van der Waals surface area contributed by atoms with Gasteiger partial charge in [0.1, 0.15) is 0 Å². The molecule has 1 heterocycles. The van der Waals surface area contributed by atoms with Gasteiger partial charge in [0.15, 0.2) is 0 Å². The van der Waals surface area contributed by atoms with Crippen LogP contribution in [0.4, 0.5) is 5.69 Å². The third kappa shape index (κ3) is 3.81. The van der Waals surface area contributed by atoms with Gasteiger partial charge >= 0.3 is 5.97 Å². The van der Waals surface area contributed by atoms with E-state index in [0.29, 0.717) is 9.87 Å². The molecule has 30 heavy (non-hydrogen) atoms. The third-order valence-electron chi connectivity index (χ3n) is 4.83. The zero-order chi connectivity index (χ0) is 22.1. The molecule has 1 N–H and O–H groups in total. The summed E-state index contributed by atoms with van der Waals surface area (Å²) in [4.78, 5) is 34.5. The van der Waals surface area contributed by atoms with Crippen molar-refractivity contribution in [2.24, 2.45) is 0 Å². The summed E-state index contributed by atoms with van der Waals surface area (Å²) >= 11 is 0. The fourth-order valence-corrected chi connectivity index (χ4v) is 4.84. The predicted octanol–water partition coefficient (Wildman–Crippen LogP) is 2.77. The number of carboxylic acids is 1. The number of sulfonamides is 1. The highest BCUT2D eigenvalue weighted by molar-refractivity contribution is 7.89. The molecule has 1 amide bonds. The number of carbonyl (C=O) groups excluding carboxylic acids is 1. The number of nitro benzene ring substituents is 1. The average Bonchev–Trinajstić information content (AvgIpc) is 2.71. The second-order valence-corrected chi connectivity index (χ2v) is 8.45. The number of rotatable bonds is 6. The van der Waals surface area contributed by atoms with E-state index in [1.807, 2.05) is 0 Å². The van der Waals surface area contributed by atoms with Crippen LogP contribution in [0.2, 0.25) is 0 Å². The minimum Gasteiger partial charge on any atom is -0.478 e. The lowest BCUT2D eigenvalue weighted by Gasteiger charge is -2.34. The molecule has 1 aliphatic heterocycles. The van der Waals surface area contributed by atoms with E-state index in [4.69, 9.17) is 0 Å². The third-order valence-corrected chi connectivity index (χ3v) is 6.65. The molecule has 0 saturated carbocycles. The molecule has 3 rings (SSSR count). The quantitative estimate of drug-likeness (QED) is 0.423. The maximum absolute atomic E-state index is 13.3. The molecular formula is C20H18N2O7S. The Morgan fingerprint density at radius 3 is 2.43 bits per heavy atom. The molecule has 0 aliphatic carbocycles. The Balaban J connectivity index is 2.15. The summed E-state index contributed by atoms with van der Waals surface area (Å²) in [5, 5.41) is 20.2. The van der Waals surface area contributed by atoms with Crippen LogP contribution in [0.25, 0.3) is 0 Å². The summed E-state index contributed by atoms with van der Waals surface area (Å²) in [5.74, 6) is -1.98. The molecule has 0 saturated heterocycles. The van der Waals surface area contributed by atoms with Crippen LogP contribution < -0.4 is 0 Å². The normalized spacial score (nSPS) is 16.8. The molecule has 2 aromatic rings. The van der Waals surface area contributed by atoms with Gasteiger partial charge in [-0.05, 0) is 36.6 Å². The summed E-state index contributed by atoms with van der Waals surface area (Å²) in [6.45, 7) is 1.62. The highest BCUT2D eigenvalue weighted by atomic mass is 32.2. The summed E-state index contributed by atoms with van der Waals surface area (Å²) in [6.07, 6.45) is 1.54. The number of hydrogen-bond acceptors (Lipinski definition) is 6. The first-order valence-electron chi connectivity index (χ1n) is 9.02. The number of aliphatic carboxylic acids is 1. The smallest absolute Gasteiger partial charge is 0.331 e. The van der Waals surface area contributed by atoms with Gasteiger partial charge in [-0.3, -0.25) is 14.9 Å². The van der Waals surface area contributed by atoms with Crippen LogP contribution in [0.1, 0.15) is 29.3 Å². The second kappa shape index (κ2) is 8.07. The molecule has 0 fully saturated rings. The fraction of sp³-hybridized carbons (Fsp3) is 0.200. The second-order valence-electron chi connectivity index (χ2n) is 6.64. The van der Waals surface area contributed by atoms with E-state index in [1.54, 1.807) is 25.1 Å². The van der Waals surface area contributed by atoms with Crippen LogP contribution in [-0.2, 0) is 21.2 Å². The topological polar surface area (TPSA) is 135 Å². The lowest BCUT2D eigenvalue weighted by Crippen LogP contribution is -2.48. The van der Waals surface area contributed by atoms with Gasteiger partial charge in [-0.25, -0.2) is 17.5 Å². The van der Waals surface area contributed by atoms with Gasteiger partial charge in [-0.15, -0.1) is 0 Å². The molecule has 9 nitrogen and oxygen atoms in total. The standard InChI is InChI=1S/C20H18N2O7S/c1-2-13(20(24)25)11-16-12-14-5-3-4-6-18(14)19(23)21(16)30(28,29)17-9-7-15(8-10-17)22(26)27/h3-11,16H,2,12H2,1H3,(H,24,25)/b13-11+. The van der Waals surface area contributed by atoms with Gasteiger partial charge in [0.25, 0.3) is 21.6 Å².